The first-order valence-electron chi connectivity index (χ1n) is 9.40. The van der Waals surface area contributed by atoms with Gasteiger partial charge in [-0.3, -0.25) is 19.4 Å². The molecule has 0 spiro atoms. The minimum absolute atomic E-state index is 0.145. The fraction of sp³-hybridized carbons (Fsp3) is 0.333. The maximum absolute atomic E-state index is 12.9. The van der Waals surface area contributed by atoms with Gasteiger partial charge < -0.3 is 14.7 Å². The Kier molecular flexibility index (Phi) is 6.37. The van der Waals surface area contributed by atoms with Crippen molar-refractivity contribution < 1.29 is 14.4 Å². The van der Waals surface area contributed by atoms with Crippen LogP contribution >= 0.6 is 0 Å². The topological polar surface area (TPSA) is 73.8 Å². The molecule has 0 unspecified atom stereocenters. The van der Waals surface area contributed by atoms with Gasteiger partial charge in [-0.2, -0.15) is 0 Å². The number of carbonyl (C=O) groups is 3. The molecule has 0 N–H and O–H groups in total. The number of hydrogen-bond acceptors (Lipinski definition) is 4. The van der Waals surface area contributed by atoms with Gasteiger partial charge in [-0.05, 0) is 24.6 Å². The predicted octanol–water partition coefficient (Wildman–Crippen LogP) is 1.66. The van der Waals surface area contributed by atoms with E-state index in [1.807, 2.05) is 37.3 Å². The van der Waals surface area contributed by atoms with Gasteiger partial charge in [0.2, 0.25) is 6.41 Å². The molecule has 2 heterocycles. The van der Waals surface area contributed by atoms with E-state index < -0.39 is 0 Å². The van der Waals surface area contributed by atoms with Crippen LogP contribution in [0.2, 0.25) is 0 Å². The highest BCUT2D eigenvalue weighted by Gasteiger charge is 2.23. The third-order valence-electron chi connectivity index (χ3n) is 4.86. The highest BCUT2D eigenvalue weighted by atomic mass is 16.2. The molecule has 1 aromatic carbocycles. The van der Waals surface area contributed by atoms with Gasteiger partial charge in [0.25, 0.3) is 11.8 Å². The first kappa shape index (κ1) is 19.5. The van der Waals surface area contributed by atoms with Gasteiger partial charge in [-0.25, -0.2) is 0 Å². The molecule has 146 valence electrons. The molecule has 1 fully saturated rings. The number of amides is 3. The summed E-state index contributed by atoms with van der Waals surface area (Å²) in [5.41, 5.74) is 1.74. The van der Waals surface area contributed by atoms with Crippen LogP contribution in [0.25, 0.3) is 0 Å². The average molecular weight is 380 g/mol. The zero-order chi connectivity index (χ0) is 19.9. The molecule has 7 nitrogen and oxygen atoms in total. The number of hydrogen-bond donors (Lipinski definition) is 0. The molecule has 0 atom stereocenters. The highest BCUT2D eigenvalue weighted by molar-refractivity contribution is 5.98. The lowest BCUT2D eigenvalue weighted by molar-refractivity contribution is -0.119. The summed E-state index contributed by atoms with van der Waals surface area (Å²) < 4.78 is 0. The third kappa shape index (κ3) is 4.54. The number of carbonyl (C=O) groups excluding carboxylic acids is 3. The zero-order valence-electron chi connectivity index (χ0n) is 16.0. The minimum atomic E-state index is -0.202. The highest BCUT2D eigenvalue weighted by Crippen LogP contribution is 2.13. The van der Waals surface area contributed by atoms with Crippen molar-refractivity contribution in [3.05, 3.63) is 65.5 Å². The number of nitrogens with zero attached hydrogens (tertiary/aromatic N) is 4. The van der Waals surface area contributed by atoms with Crippen LogP contribution in [-0.4, -0.2) is 70.6 Å². The first-order chi connectivity index (χ1) is 13.6. The molecule has 7 heteroatoms. The van der Waals surface area contributed by atoms with Crippen LogP contribution < -0.4 is 0 Å². The summed E-state index contributed by atoms with van der Waals surface area (Å²) >= 11 is 0. The van der Waals surface area contributed by atoms with E-state index in [1.165, 1.54) is 6.20 Å². The summed E-state index contributed by atoms with van der Waals surface area (Å²) in [5.74, 6) is -0.347. The third-order valence-corrected chi connectivity index (χ3v) is 4.86. The van der Waals surface area contributed by atoms with Gasteiger partial charge in [0.1, 0.15) is 5.69 Å². The molecule has 1 saturated heterocycles. The molecule has 1 aliphatic heterocycles. The second-order valence-electron chi connectivity index (χ2n) is 6.67. The second-order valence-corrected chi connectivity index (χ2v) is 6.67. The van der Waals surface area contributed by atoms with E-state index in [-0.39, 0.29) is 17.5 Å². The molecule has 28 heavy (non-hydrogen) atoms. The zero-order valence-corrected chi connectivity index (χ0v) is 16.0. The molecule has 0 bridgehead atoms. The number of rotatable bonds is 6. The Balaban J connectivity index is 1.71. The van der Waals surface area contributed by atoms with Crippen molar-refractivity contribution in [2.75, 3.05) is 32.7 Å². The summed E-state index contributed by atoms with van der Waals surface area (Å²) in [4.78, 5) is 45.7. The Morgan fingerprint density at radius 1 is 1.11 bits per heavy atom. The van der Waals surface area contributed by atoms with Crippen LogP contribution in [0.1, 0.15) is 33.3 Å². The van der Waals surface area contributed by atoms with E-state index in [4.69, 9.17) is 0 Å². The number of pyridine rings is 1. The molecule has 0 radical (unpaired) electrons. The van der Waals surface area contributed by atoms with Crippen molar-refractivity contribution in [1.82, 2.24) is 19.7 Å². The molecule has 2 aromatic rings. The molecule has 3 rings (SSSR count). The van der Waals surface area contributed by atoms with Crippen LogP contribution in [0, 0.1) is 0 Å². The molecule has 3 amide bonds. The standard InChI is InChI=1S/C21H24N4O3/c1-2-24(15-17-6-4-3-5-7-17)21(28)19-14-18(8-9-22-19)20(27)25-12-10-23(16-26)11-13-25/h3-9,14,16H,2,10-13,15H2,1H3. The van der Waals surface area contributed by atoms with Gasteiger partial charge in [-0.1, -0.05) is 30.3 Å². The van der Waals surface area contributed by atoms with Crippen LogP contribution in [0.15, 0.2) is 48.7 Å². The lowest BCUT2D eigenvalue weighted by atomic mass is 10.1. The number of piperazine rings is 1. The van der Waals surface area contributed by atoms with Gasteiger partial charge >= 0.3 is 0 Å². The quantitative estimate of drug-likeness (QED) is 0.715. The van der Waals surface area contributed by atoms with Crippen molar-refractivity contribution in [3.8, 4) is 0 Å². The fourth-order valence-electron chi connectivity index (χ4n) is 3.19. The molecule has 1 aromatic heterocycles. The van der Waals surface area contributed by atoms with Gasteiger partial charge in [-0.15, -0.1) is 0 Å². The largest absolute Gasteiger partial charge is 0.342 e. The van der Waals surface area contributed by atoms with Crippen molar-refractivity contribution in [2.45, 2.75) is 13.5 Å². The number of benzene rings is 1. The monoisotopic (exact) mass is 380 g/mol. The maximum Gasteiger partial charge on any atom is 0.272 e. The van der Waals surface area contributed by atoms with E-state index in [1.54, 1.807) is 26.8 Å². The molecule has 1 aliphatic rings. The molecule has 0 aliphatic carbocycles. The van der Waals surface area contributed by atoms with Crippen molar-refractivity contribution in [1.29, 1.82) is 0 Å². The predicted molar refractivity (Wildman–Crippen MR) is 105 cm³/mol. The van der Waals surface area contributed by atoms with E-state index in [9.17, 15) is 14.4 Å². The molecule has 0 saturated carbocycles. The van der Waals surface area contributed by atoms with Crippen molar-refractivity contribution in [2.24, 2.45) is 0 Å². The lowest BCUT2D eigenvalue weighted by Gasteiger charge is -2.32. The van der Waals surface area contributed by atoms with Crippen molar-refractivity contribution >= 4 is 18.2 Å². The van der Waals surface area contributed by atoms with Gasteiger partial charge in [0, 0.05) is 51.0 Å². The van der Waals surface area contributed by atoms with Crippen LogP contribution in [0.5, 0.6) is 0 Å². The summed E-state index contributed by atoms with van der Waals surface area (Å²) in [7, 11) is 0. The van der Waals surface area contributed by atoms with Crippen LogP contribution in [0.3, 0.4) is 0 Å². The molecular weight excluding hydrogens is 356 g/mol. The Morgan fingerprint density at radius 2 is 1.82 bits per heavy atom. The normalized spacial score (nSPS) is 13.9. The Bertz CT molecular complexity index is 833. The van der Waals surface area contributed by atoms with E-state index in [0.717, 1.165) is 12.0 Å². The second kappa shape index (κ2) is 9.12. The Hall–Kier alpha value is -3.22. The van der Waals surface area contributed by atoms with Crippen LogP contribution in [-0.2, 0) is 11.3 Å². The SMILES string of the molecule is CCN(Cc1ccccc1)C(=O)c1cc(C(=O)N2CCN(C=O)CC2)ccn1. The summed E-state index contributed by atoms with van der Waals surface area (Å²) in [5, 5.41) is 0. The lowest BCUT2D eigenvalue weighted by Crippen LogP contribution is -2.48. The number of aromatic nitrogens is 1. The molecular formula is C21H24N4O3. The van der Waals surface area contributed by atoms with E-state index in [0.29, 0.717) is 44.8 Å². The van der Waals surface area contributed by atoms with E-state index >= 15 is 0 Å². The van der Waals surface area contributed by atoms with Gasteiger partial charge in [0.15, 0.2) is 0 Å². The fourth-order valence-corrected chi connectivity index (χ4v) is 3.19. The summed E-state index contributed by atoms with van der Waals surface area (Å²) in [6, 6.07) is 13.0. The Labute approximate surface area is 164 Å². The van der Waals surface area contributed by atoms with Crippen molar-refractivity contribution in [3.63, 3.8) is 0 Å². The maximum atomic E-state index is 12.9. The average Bonchev–Trinajstić information content (AvgIpc) is 2.77. The summed E-state index contributed by atoms with van der Waals surface area (Å²) in [6.07, 6.45) is 2.30. The minimum Gasteiger partial charge on any atom is -0.342 e. The summed E-state index contributed by atoms with van der Waals surface area (Å²) in [6.45, 7) is 4.96. The Morgan fingerprint density at radius 3 is 2.46 bits per heavy atom. The van der Waals surface area contributed by atoms with Crippen LogP contribution in [0.4, 0.5) is 0 Å². The smallest absolute Gasteiger partial charge is 0.272 e. The van der Waals surface area contributed by atoms with Gasteiger partial charge in [0.05, 0.1) is 0 Å². The first-order valence-corrected chi connectivity index (χ1v) is 9.40. The van der Waals surface area contributed by atoms with E-state index in [2.05, 4.69) is 4.98 Å².